The summed E-state index contributed by atoms with van der Waals surface area (Å²) in [6.45, 7) is 5.44. The van der Waals surface area contributed by atoms with Crippen LogP contribution in [0.5, 0.6) is 0 Å². The maximum atomic E-state index is 12.5. The minimum atomic E-state index is -3.67. The van der Waals surface area contributed by atoms with Crippen LogP contribution in [0.15, 0.2) is 46.1 Å². The topological polar surface area (TPSA) is 88.2 Å². The zero-order valence-electron chi connectivity index (χ0n) is 14.3. The second-order valence-electron chi connectivity index (χ2n) is 6.43. The molecule has 1 aromatic heterocycles. The maximum Gasteiger partial charge on any atom is 0.244 e. The third-order valence-electron chi connectivity index (χ3n) is 3.01. The van der Waals surface area contributed by atoms with E-state index in [0.29, 0.717) is 11.3 Å². The monoisotopic (exact) mass is 379 g/mol. The van der Waals surface area contributed by atoms with Gasteiger partial charge in [0.05, 0.1) is 16.1 Å². The van der Waals surface area contributed by atoms with Gasteiger partial charge < -0.3 is 5.32 Å². The normalized spacial score (nSPS) is 12.4. The van der Waals surface area contributed by atoms with Gasteiger partial charge in [-0.15, -0.1) is 11.3 Å². The first-order valence-electron chi connectivity index (χ1n) is 7.63. The molecular formula is C17H21N3O3S2. The Bertz CT molecular complexity index is 852. The van der Waals surface area contributed by atoms with Crippen LogP contribution in [0.2, 0.25) is 0 Å². The first kappa shape index (κ1) is 19.3. The standard InChI is InChI=1S/C17H21N3O3S2/c1-17(2,3)20-25(22,23)15-7-5-4-6-13(15)10-18-16(21)9-8-14-11-24-12-19-14/h4-9,11-12,20H,10H2,1-3H3,(H,18,21)/b9-8+. The molecule has 25 heavy (non-hydrogen) atoms. The first-order chi connectivity index (χ1) is 11.7. The Labute approximate surface area is 152 Å². The quantitative estimate of drug-likeness (QED) is 0.755. The summed E-state index contributed by atoms with van der Waals surface area (Å²) in [7, 11) is -3.67. The van der Waals surface area contributed by atoms with Crippen LogP contribution in [0.4, 0.5) is 0 Å². The lowest BCUT2D eigenvalue weighted by molar-refractivity contribution is -0.116. The van der Waals surface area contributed by atoms with Gasteiger partial charge in [-0.25, -0.2) is 18.1 Å². The Morgan fingerprint density at radius 2 is 2.00 bits per heavy atom. The molecule has 0 spiro atoms. The van der Waals surface area contributed by atoms with Crippen LogP contribution in [-0.2, 0) is 21.4 Å². The Balaban J connectivity index is 2.09. The van der Waals surface area contributed by atoms with Crippen LogP contribution in [-0.4, -0.2) is 24.8 Å². The molecule has 2 N–H and O–H groups in total. The number of carbonyl (C=O) groups excluding carboxylic acids is 1. The van der Waals surface area contributed by atoms with Gasteiger partial charge in [-0.1, -0.05) is 18.2 Å². The van der Waals surface area contributed by atoms with Gasteiger partial charge >= 0.3 is 0 Å². The number of amides is 1. The Hall–Kier alpha value is -2.03. The fourth-order valence-corrected chi connectivity index (χ4v) is 4.26. The van der Waals surface area contributed by atoms with E-state index in [1.54, 1.807) is 50.6 Å². The van der Waals surface area contributed by atoms with Gasteiger partial charge in [0.2, 0.25) is 15.9 Å². The van der Waals surface area contributed by atoms with E-state index < -0.39 is 15.6 Å². The molecule has 0 saturated carbocycles. The van der Waals surface area contributed by atoms with E-state index in [4.69, 9.17) is 0 Å². The van der Waals surface area contributed by atoms with Gasteiger partial charge in [-0.05, 0) is 38.5 Å². The smallest absolute Gasteiger partial charge is 0.244 e. The Morgan fingerprint density at radius 3 is 2.64 bits per heavy atom. The van der Waals surface area contributed by atoms with Crippen molar-refractivity contribution in [1.29, 1.82) is 0 Å². The predicted molar refractivity (Wildman–Crippen MR) is 99.5 cm³/mol. The van der Waals surface area contributed by atoms with E-state index in [-0.39, 0.29) is 17.3 Å². The molecule has 6 nitrogen and oxygen atoms in total. The van der Waals surface area contributed by atoms with Crippen molar-refractivity contribution >= 4 is 33.3 Å². The summed E-state index contributed by atoms with van der Waals surface area (Å²) in [5.74, 6) is -0.316. The largest absolute Gasteiger partial charge is 0.348 e. The van der Waals surface area contributed by atoms with Crippen LogP contribution >= 0.6 is 11.3 Å². The van der Waals surface area contributed by atoms with Crippen molar-refractivity contribution in [2.24, 2.45) is 0 Å². The molecule has 0 aliphatic rings. The summed E-state index contributed by atoms with van der Waals surface area (Å²) in [4.78, 5) is 16.1. The van der Waals surface area contributed by atoms with Crippen LogP contribution in [0.1, 0.15) is 32.0 Å². The zero-order valence-corrected chi connectivity index (χ0v) is 15.9. The molecule has 1 aromatic carbocycles. The third-order valence-corrected chi connectivity index (χ3v) is 5.48. The number of nitrogens with zero attached hydrogens (tertiary/aromatic N) is 1. The molecule has 0 fully saturated rings. The number of aromatic nitrogens is 1. The van der Waals surface area contributed by atoms with Crippen molar-refractivity contribution in [2.75, 3.05) is 0 Å². The lowest BCUT2D eigenvalue weighted by Crippen LogP contribution is -2.41. The number of benzene rings is 1. The van der Waals surface area contributed by atoms with E-state index in [9.17, 15) is 13.2 Å². The lowest BCUT2D eigenvalue weighted by atomic mass is 10.1. The molecule has 2 rings (SSSR count). The van der Waals surface area contributed by atoms with Gasteiger partial charge in [0.1, 0.15) is 0 Å². The number of sulfonamides is 1. The van der Waals surface area contributed by atoms with Gasteiger partial charge in [-0.3, -0.25) is 4.79 Å². The Kier molecular flexibility index (Phi) is 6.10. The number of nitrogens with one attached hydrogen (secondary N) is 2. The van der Waals surface area contributed by atoms with Crippen LogP contribution < -0.4 is 10.0 Å². The number of hydrogen-bond donors (Lipinski definition) is 2. The molecule has 0 radical (unpaired) electrons. The van der Waals surface area contributed by atoms with Crippen LogP contribution in [0.25, 0.3) is 6.08 Å². The second-order valence-corrected chi connectivity index (χ2v) is 8.80. The molecule has 0 unspecified atom stereocenters. The molecule has 2 aromatic rings. The van der Waals surface area contributed by atoms with Crippen molar-refractivity contribution < 1.29 is 13.2 Å². The van der Waals surface area contributed by atoms with Crippen LogP contribution in [0, 0.1) is 0 Å². The number of carbonyl (C=O) groups is 1. The van der Waals surface area contributed by atoms with E-state index in [2.05, 4.69) is 15.0 Å². The van der Waals surface area contributed by atoms with Crippen molar-refractivity contribution in [2.45, 2.75) is 37.8 Å². The molecule has 8 heteroatoms. The highest BCUT2D eigenvalue weighted by molar-refractivity contribution is 7.89. The van der Waals surface area contributed by atoms with Gasteiger partial charge in [0.25, 0.3) is 0 Å². The molecule has 134 valence electrons. The van der Waals surface area contributed by atoms with Crippen molar-refractivity contribution in [3.8, 4) is 0 Å². The minimum Gasteiger partial charge on any atom is -0.348 e. The molecule has 0 saturated heterocycles. The third kappa shape index (κ3) is 6.08. The van der Waals surface area contributed by atoms with Gasteiger partial charge in [-0.2, -0.15) is 0 Å². The highest BCUT2D eigenvalue weighted by Crippen LogP contribution is 2.17. The number of rotatable bonds is 6. The highest BCUT2D eigenvalue weighted by Gasteiger charge is 2.24. The summed E-state index contributed by atoms with van der Waals surface area (Å²) in [6.07, 6.45) is 2.98. The molecular weight excluding hydrogens is 358 g/mol. The summed E-state index contributed by atoms with van der Waals surface area (Å²) >= 11 is 1.44. The van der Waals surface area contributed by atoms with E-state index in [1.165, 1.54) is 23.5 Å². The zero-order chi connectivity index (χ0) is 18.5. The van der Waals surface area contributed by atoms with Crippen molar-refractivity contribution in [1.82, 2.24) is 15.0 Å². The fraction of sp³-hybridized carbons (Fsp3) is 0.294. The lowest BCUT2D eigenvalue weighted by Gasteiger charge is -2.21. The average molecular weight is 380 g/mol. The van der Waals surface area contributed by atoms with Gasteiger partial charge in [0, 0.05) is 23.5 Å². The molecule has 0 bridgehead atoms. The summed E-state index contributed by atoms with van der Waals surface area (Å²) in [5.41, 5.74) is 2.32. The molecule has 0 aliphatic carbocycles. The van der Waals surface area contributed by atoms with E-state index in [1.807, 2.05) is 5.38 Å². The summed E-state index contributed by atoms with van der Waals surface area (Å²) in [6, 6.07) is 6.61. The molecule has 0 aliphatic heterocycles. The molecule has 1 heterocycles. The maximum absolute atomic E-state index is 12.5. The van der Waals surface area contributed by atoms with Gasteiger partial charge in [0.15, 0.2) is 0 Å². The highest BCUT2D eigenvalue weighted by atomic mass is 32.2. The van der Waals surface area contributed by atoms with Crippen molar-refractivity contribution in [3.63, 3.8) is 0 Å². The fourth-order valence-electron chi connectivity index (χ4n) is 2.08. The van der Waals surface area contributed by atoms with E-state index >= 15 is 0 Å². The molecule has 0 atom stereocenters. The molecule has 1 amide bonds. The second kappa shape index (κ2) is 7.90. The van der Waals surface area contributed by atoms with Crippen molar-refractivity contribution in [3.05, 3.63) is 52.5 Å². The average Bonchev–Trinajstić information content (AvgIpc) is 3.02. The number of hydrogen-bond acceptors (Lipinski definition) is 5. The van der Waals surface area contributed by atoms with Crippen LogP contribution in [0.3, 0.4) is 0 Å². The minimum absolute atomic E-state index is 0.113. The summed E-state index contributed by atoms with van der Waals surface area (Å²) in [5, 5.41) is 4.52. The SMILES string of the molecule is CC(C)(C)NS(=O)(=O)c1ccccc1CNC(=O)/C=C/c1cscn1. The number of thiazole rings is 1. The summed E-state index contributed by atoms with van der Waals surface area (Å²) < 4.78 is 27.7. The predicted octanol–water partition coefficient (Wildman–Crippen LogP) is 2.55. The van der Waals surface area contributed by atoms with E-state index in [0.717, 1.165) is 0 Å². The Morgan fingerprint density at radius 1 is 1.28 bits per heavy atom. The first-order valence-corrected chi connectivity index (χ1v) is 10.1.